The maximum Gasteiger partial charge on any atom is 0.258 e. The van der Waals surface area contributed by atoms with Gasteiger partial charge in [0, 0.05) is 17.1 Å². The number of hydrogen-bond acceptors (Lipinski definition) is 1. The van der Waals surface area contributed by atoms with Crippen molar-refractivity contribution in [1.82, 2.24) is 4.90 Å². The van der Waals surface area contributed by atoms with Crippen LogP contribution in [0, 0.1) is 5.82 Å². The summed E-state index contributed by atoms with van der Waals surface area (Å²) in [4.78, 5) is 14.1. The molecule has 1 aromatic carbocycles. The van der Waals surface area contributed by atoms with Crippen molar-refractivity contribution in [3.8, 4) is 0 Å². The van der Waals surface area contributed by atoms with Crippen LogP contribution in [0.3, 0.4) is 0 Å². The van der Waals surface area contributed by atoms with Gasteiger partial charge in [-0.25, -0.2) is 4.39 Å². The molecule has 1 unspecified atom stereocenters. The molecule has 1 saturated heterocycles. The Kier molecular flexibility index (Phi) is 3.82. The van der Waals surface area contributed by atoms with Crippen LogP contribution in [0.1, 0.15) is 36.5 Å². The van der Waals surface area contributed by atoms with E-state index in [2.05, 4.69) is 15.9 Å². The highest BCUT2D eigenvalue weighted by Crippen LogP contribution is 2.25. The first kappa shape index (κ1) is 12.6. The first-order chi connectivity index (χ1) is 8.11. The van der Waals surface area contributed by atoms with Gasteiger partial charge in [-0.05, 0) is 54.2 Å². The average Bonchev–Trinajstić information content (AvgIpc) is 2.29. The summed E-state index contributed by atoms with van der Waals surface area (Å²) in [6.07, 6.45) is 3.14. The third kappa shape index (κ3) is 2.51. The van der Waals surface area contributed by atoms with Gasteiger partial charge in [-0.15, -0.1) is 0 Å². The summed E-state index contributed by atoms with van der Waals surface area (Å²) >= 11 is 3.25. The highest BCUT2D eigenvalue weighted by atomic mass is 79.9. The van der Waals surface area contributed by atoms with Gasteiger partial charge in [0.2, 0.25) is 0 Å². The molecule has 1 aliphatic rings. The number of carbonyl (C=O) groups is 1. The molecule has 4 heteroatoms. The highest BCUT2D eigenvalue weighted by Gasteiger charge is 2.27. The van der Waals surface area contributed by atoms with E-state index in [0.29, 0.717) is 4.47 Å². The van der Waals surface area contributed by atoms with E-state index in [1.165, 1.54) is 6.07 Å². The molecule has 1 amide bonds. The van der Waals surface area contributed by atoms with E-state index in [0.717, 1.165) is 25.8 Å². The normalized spacial score (nSPS) is 20.4. The summed E-state index contributed by atoms with van der Waals surface area (Å²) < 4.78 is 14.2. The van der Waals surface area contributed by atoms with Crippen LogP contribution < -0.4 is 0 Å². The number of benzene rings is 1. The van der Waals surface area contributed by atoms with E-state index < -0.39 is 5.82 Å². The molecule has 1 heterocycles. The predicted octanol–water partition coefficient (Wildman–Crippen LogP) is 3.60. The lowest BCUT2D eigenvalue weighted by atomic mass is 10.0. The molecule has 92 valence electrons. The smallest absolute Gasteiger partial charge is 0.258 e. The summed E-state index contributed by atoms with van der Waals surface area (Å²) in [5.41, 5.74) is 0.154. The van der Waals surface area contributed by atoms with Gasteiger partial charge in [-0.2, -0.15) is 0 Å². The maximum atomic E-state index is 13.7. The van der Waals surface area contributed by atoms with Crippen LogP contribution in [0.25, 0.3) is 0 Å². The van der Waals surface area contributed by atoms with Crippen molar-refractivity contribution in [3.63, 3.8) is 0 Å². The number of piperidine rings is 1. The maximum absolute atomic E-state index is 13.7. The Morgan fingerprint density at radius 1 is 1.47 bits per heavy atom. The van der Waals surface area contributed by atoms with Gasteiger partial charge in [-0.3, -0.25) is 4.79 Å². The van der Waals surface area contributed by atoms with Crippen LogP contribution in [0.2, 0.25) is 0 Å². The largest absolute Gasteiger partial charge is 0.336 e. The summed E-state index contributed by atoms with van der Waals surface area (Å²) in [7, 11) is 0. The van der Waals surface area contributed by atoms with Gasteiger partial charge in [0.25, 0.3) is 5.91 Å². The van der Waals surface area contributed by atoms with E-state index in [4.69, 9.17) is 0 Å². The van der Waals surface area contributed by atoms with Crippen LogP contribution in [-0.4, -0.2) is 23.4 Å². The molecule has 1 atom stereocenters. The molecule has 2 rings (SSSR count). The summed E-state index contributed by atoms with van der Waals surface area (Å²) in [5, 5.41) is 0. The molecule has 17 heavy (non-hydrogen) atoms. The van der Waals surface area contributed by atoms with Crippen LogP contribution in [-0.2, 0) is 0 Å². The van der Waals surface area contributed by atoms with Crippen molar-refractivity contribution in [1.29, 1.82) is 0 Å². The summed E-state index contributed by atoms with van der Waals surface area (Å²) in [5.74, 6) is -0.663. The minimum atomic E-state index is -0.456. The first-order valence-corrected chi connectivity index (χ1v) is 6.65. The fourth-order valence-corrected chi connectivity index (χ4v) is 2.76. The van der Waals surface area contributed by atoms with Crippen LogP contribution >= 0.6 is 15.9 Å². The number of carbonyl (C=O) groups excluding carboxylic acids is 1. The fraction of sp³-hybridized carbons (Fsp3) is 0.462. The molecule has 1 aliphatic heterocycles. The van der Waals surface area contributed by atoms with Gasteiger partial charge >= 0.3 is 0 Å². The Morgan fingerprint density at radius 3 is 2.88 bits per heavy atom. The Balaban J connectivity index is 2.30. The van der Waals surface area contributed by atoms with Crippen molar-refractivity contribution >= 4 is 21.8 Å². The van der Waals surface area contributed by atoms with E-state index in [-0.39, 0.29) is 17.5 Å². The number of hydrogen-bond donors (Lipinski definition) is 0. The van der Waals surface area contributed by atoms with Crippen molar-refractivity contribution in [2.24, 2.45) is 0 Å². The van der Waals surface area contributed by atoms with Crippen molar-refractivity contribution in [2.45, 2.75) is 32.2 Å². The van der Waals surface area contributed by atoms with Crippen LogP contribution in [0.15, 0.2) is 22.7 Å². The second kappa shape index (κ2) is 5.17. The molecular weight excluding hydrogens is 285 g/mol. The third-order valence-corrected chi connectivity index (χ3v) is 3.90. The van der Waals surface area contributed by atoms with E-state index in [1.54, 1.807) is 17.0 Å². The zero-order valence-corrected chi connectivity index (χ0v) is 11.3. The quantitative estimate of drug-likeness (QED) is 0.776. The van der Waals surface area contributed by atoms with E-state index in [9.17, 15) is 9.18 Å². The minimum Gasteiger partial charge on any atom is -0.336 e. The van der Waals surface area contributed by atoms with Crippen molar-refractivity contribution < 1.29 is 9.18 Å². The van der Waals surface area contributed by atoms with Crippen LogP contribution in [0.5, 0.6) is 0 Å². The molecule has 0 radical (unpaired) electrons. The minimum absolute atomic E-state index is 0.154. The van der Waals surface area contributed by atoms with Crippen molar-refractivity contribution in [3.05, 3.63) is 34.1 Å². The van der Waals surface area contributed by atoms with Crippen LogP contribution in [0.4, 0.5) is 4.39 Å². The second-order valence-electron chi connectivity index (χ2n) is 4.44. The monoisotopic (exact) mass is 299 g/mol. The van der Waals surface area contributed by atoms with Gasteiger partial charge in [0.15, 0.2) is 0 Å². The molecule has 2 nitrogen and oxygen atoms in total. The third-order valence-electron chi connectivity index (χ3n) is 3.24. The zero-order chi connectivity index (χ0) is 12.4. The van der Waals surface area contributed by atoms with Gasteiger partial charge in [0.05, 0.1) is 5.56 Å². The Labute approximate surface area is 109 Å². The number of likely N-dealkylation sites (tertiary alicyclic amines) is 1. The lowest BCUT2D eigenvalue weighted by Gasteiger charge is -2.33. The molecular formula is C13H15BrFNO. The number of rotatable bonds is 1. The molecule has 0 aliphatic carbocycles. The molecule has 0 spiro atoms. The lowest BCUT2D eigenvalue weighted by Crippen LogP contribution is -2.42. The number of amides is 1. The Hall–Kier alpha value is -0.900. The molecule has 1 aromatic rings. The van der Waals surface area contributed by atoms with E-state index in [1.807, 2.05) is 6.92 Å². The van der Waals surface area contributed by atoms with Gasteiger partial charge in [-0.1, -0.05) is 6.07 Å². The van der Waals surface area contributed by atoms with Gasteiger partial charge < -0.3 is 4.90 Å². The lowest BCUT2D eigenvalue weighted by molar-refractivity contribution is 0.0630. The second-order valence-corrected chi connectivity index (χ2v) is 5.29. The number of nitrogens with zero attached hydrogens (tertiary/aromatic N) is 1. The Morgan fingerprint density at radius 2 is 2.24 bits per heavy atom. The van der Waals surface area contributed by atoms with E-state index >= 15 is 0 Å². The molecule has 0 saturated carbocycles. The fourth-order valence-electron chi connectivity index (χ4n) is 2.25. The average molecular weight is 300 g/mol. The van der Waals surface area contributed by atoms with Gasteiger partial charge in [0.1, 0.15) is 5.82 Å². The number of halogens is 2. The standard InChI is InChI=1S/C13H15BrFNO/c1-9-5-2-3-8-16(9)13(17)12-10(14)6-4-7-11(12)15/h4,6-7,9H,2-3,5,8H2,1H3. The molecule has 1 fully saturated rings. The summed E-state index contributed by atoms with van der Waals surface area (Å²) in [6, 6.07) is 4.82. The molecule has 0 aromatic heterocycles. The summed E-state index contributed by atoms with van der Waals surface area (Å²) in [6.45, 7) is 2.74. The predicted molar refractivity (Wildman–Crippen MR) is 68.4 cm³/mol. The molecule has 0 N–H and O–H groups in total. The topological polar surface area (TPSA) is 20.3 Å². The zero-order valence-electron chi connectivity index (χ0n) is 9.75. The molecule has 0 bridgehead atoms. The first-order valence-electron chi connectivity index (χ1n) is 5.86. The van der Waals surface area contributed by atoms with Crippen molar-refractivity contribution in [2.75, 3.05) is 6.54 Å². The SMILES string of the molecule is CC1CCCCN1C(=O)c1c(F)cccc1Br. The highest BCUT2D eigenvalue weighted by molar-refractivity contribution is 9.10. The Bertz CT molecular complexity index is 415.